The average Bonchev–Trinajstić information content (AvgIpc) is 2.85. The summed E-state index contributed by atoms with van der Waals surface area (Å²) in [7, 11) is 0. The van der Waals surface area contributed by atoms with Crippen molar-refractivity contribution in [1.82, 2.24) is 4.90 Å². The minimum atomic E-state index is 0.426. The fourth-order valence-electron chi connectivity index (χ4n) is 3.52. The van der Waals surface area contributed by atoms with E-state index in [1.165, 1.54) is 38.5 Å². The molecule has 0 spiro atoms. The van der Waals surface area contributed by atoms with Crippen molar-refractivity contribution in [2.45, 2.75) is 71.3 Å². The number of unbranched alkanes of at least 4 members (excludes halogenated alkanes) is 2. The number of hydrogen-bond donors (Lipinski definition) is 0. The van der Waals surface area contributed by atoms with Gasteiger partial charge in [-0.1, -0.05) is 39.5 Å². The highest BCUT2D eigenvalue weighted by Crippen LogP contribution is 2.50. The highest BCUT2D eigenvalue weighted by Gasteiger charge is 2.53. The Morgan fingerprint density at radius 3 is 2.12 bits per heavy atom. The molecule has 1 heterocycles. The Hall–Kier alpha value is -0.530. The zero-order chi connectivity index (χ0) is 12.3. The molecule has 1 amide bonds. The van der Waals surface area contributed by atoms with Gasteiger partial charge in [-0.15, -0.1) is 0 Å². The normalized spacial score (nSPS) is 32.2. The fourth-order valence-corrected chi connectivity index (χ4v) is 3.52. The summed E-state index contributed by atoms with van der Waals surface area (Å²) >= 11 is 0. The van der Waals surface area contributed by atoms with E-state index in [-0.39, 0.29) is 0 Å². The standard InChI is InChI=1S/C15H27NO/c1-3-5-8-12-13(9-6-4-2)15(12)16-11-7-10-14(16)17/h12-13,15H,3-11H2,1-2H3/t12-,13-/m0/s1. The van der Waals surface area contributed by atoms with Crippen LogP contribution in [0.25, 0.3) is 0 Å². The van der Waals surface area contributed by atoms with Crippen LogP contribution < -0.4 is 0 Å². The summed E-state index contributed by atoms with van der Waals surface area (Å²) in [4.78, 5) is 14.0. The van der Waals surface area contributed by atoms with Gasteiger partial charge in [-0.05, 0) is 31.1 Å². The molecular formula is C15H27NO. The molecule has 2 fully saturated rings. The van der Waals surface area contributed by atoms with Crippen LogP contribution in [0.2, 0.25) is 0 Å². The highest BCUT2D eigenvalue weighted by atomic mass is 16.2. The zero-order valence-corrected chi connectivity index (χ0v) is 11.5. The van der Waals surface area contributed by atoms with Crippen molar-refractivity contribution in [2.75, 3.05) is 6.54 Å². The summed E-state index contributed by atoms with van der Waals surface area (Å²) in [6, 6.07) is 0.628. The largest absolute Gasteiger partial charge is 0.339 e. The van der Waals surface area contributed by atoms with Gasteiger partial charge in [0, 0.05) is 19.0 Å². The molecule has 1 aliphatic carbocycles. The second-order valence-electron chi connectivity index (χ2n) is 5.79. The van der Waals surface area contributed by atoms with E-state index in [0.29, 0.717) is 11.9 Å². The Balaban J connectivity index is 1.87. The van der Waals surface area contributed by atoms with Gasteiger partial charge in [0.1, 0.15) is 0 Å². The summed E-state index contributed by atoms with van der Waals surface area (Å²) < 4.78 is 0. The maximum absolute atomic E-state index is 11.8. The summed E-state index contributed by atoms with van der Waals surface area (Å²) in [6.45, 7) is 5.56. The minimum Gasteiger partial charge on any atom is -0.339 e. The van der Waals surface area contributed by atoms with Crippen LogP contribution in [-0.4, -0.2) is 23.4 Å². The SMILES string of the molecule is CCCC[C@@H]1C(N2CCCC2=O)[C@H]1CCCC. The van der Waals surface area contributed by atoms with Crippen molar-refractivity contribution in [2.24, 2.45) is 11.8 Å². The number of likely N-dealkylation sites (tertiary alicyclic amines) is 1. The minimum absolute atomic E-state index is 0.426. The fraction of sp³-hybridized carbons (Fsp3) is 0.933. The second kappa shape index (κ2) is 5.88. The lowest BCUT2D eigenvalue weighted by Gasteiger charge is -2.16. The topological polar surface area (TPSA) is 20.3 Å². The van der Waals surface area contributed by atoms with Crippen molar-refractivity contribution in [1.29, 1.82) is 0 Å². The molecule has 2 rings (SSSR count). The lowest BCUT2D eigenvalue weighted by molar-refractivity contribution is -0.128. The molecule has 1 aliphatic heterocycles. The van der Waals surface area contributed by atoms with Gasteiger partial charge in [0.15, 0.2) is 0 Å². The molecule has 1 saturated carbocycles. The van der Waals surface area contributed by atoms with E-state index >= 15 is 0 Å². The Kier molecular flexibility index (Phi) is 4.47. The number of carbonyl (C=O) groups excluding carboxylic acids is 1. The summed E-state index contributed by atoms with van der Waals surface area (Å²) in [6.07, 6.45) is 9.85. The lowest BCUT2D eigenvalue weighted by atomic mass is 10.1. The number of hydrogen-bond acceptors (Lipinski definition) is 1. The van der Waals surface area contributed by atoms with E-state index in [9.17, 15) is 4.79 Å². The lowest BCUT2D eigenvalue weighted by Crippen LogP contribution is -2.29. The van der Waals surface area contributed by atoms with Crippen LogP contribution in [0.5, 0.6) is 0 Å². The Labute approximate surface area is 106 Å². The van der Waals surface area contributed by atoms with Crippen molar-refractivity contribution in [3.8, 4) is 0 Å². The van der Waals surface area contributed by atoms with E-state index in [2.05, 4.69) is 18.7 Å². The maximum Gasteiger partial charge on any atom is 0.222 e. The van der Waals surface area contributed by atoms with Gasteiger partial charge < -0.3 is 4.90 Å². The van der Waals surface area contributed by atoms with Crippen molar-refractivity contribution in [3.63, 3.8) is 0 Å². The third-order valence-electron chi connectivity index (χ3n) is 4.54. The number of rotatable bonds is 7. The molecule has 0 unspecified atom stereocenters. The quantitative estimate of drug-likeness (QED) is 0.662. The average molecular weight is 237 g/mol. The van der Waals surface area contributed by atoms with Crippen LogP contribution >= 0.6 is 0 Å². The van der Waals surface area contributed by atoms with E-state index < -0.39 is 0 Å². The zero-order valence-electron chi connectivity index (χ0n) is 11.5. The summed E-state index contributed by atoms with van der Waals surface area (Å²) in [5, 5.41) is 0. The molecule has 98 valence electrons. The molecule has 0 bridgehead atoms. The molecule has 0 radical (unpaired) electrons. The second-order valence-corrected chi connectivity index (χ2v) is 5.79. The molecule has 1 saturated heterocycles. The first kappa shape index (κ1) is 12.9. The third kappa shape index (κ3) is 2.83. The predicted molar refractivity (Wildman–Crippen MR) is 70.8 cm³/mol. The van der Waals surface area contributed by atoms with E-state index in [4.69, 9.17) is 0 Å². The van der Waals surface area contributed by atoms with Gasteiger partial charge in [0.05, 0.1) is 0 Å². The Morgan fingerprint density at radius 2 is 1.71 bits per heavy atom. The monoisotopic (exact) mass is 237 g/mol. The van der Waals surface area contributed by atoms with Crippen LogP contribution in [0.4, 0.5) is 0 Å². The smallest absolute Gasteiger partial charge is 0.222 e. The van der Waals surface area contributed by atoms with E-state index in [1.54, 1.807) is 0 Å². The maximum atomic E-state index is 11.8. The first-order valence-electron chi connectivity index (χ1n) is 7.59. The number of nitrogens with zero attached hydrogens (tertiary/aromatic N) is 1. The molecule has 2 atom stereocenters. The molecule has 2 heteroatoms. The molecular weight excluding hydrogens is 210 g/mol. The van der Waals surface area contributed by atoms with Gasteiger partial charge >= 0.3 is 0 Å². The first-order valence-corrected chi connectivity index (χ1v) is 7.59. The predicted octanol–water partition coefficient (Wildman–Crippen LogP) is 3.60. The molecule has 2 aliphatic rings. The highest BCUT2D eigenvalue weighted by molar-refractivity contribution is 5.78. The molecule has 0 aromatic rings. The van der Waals surface area contributed by atoms with Crippen LogP contribution in [0.3, 0.4) is 0 Å². The molecule has 0 aromatic carbocycles. The third-order valence-corrected chi connectivity index (χ3v) is 4.54. The van der Waals surface area contributed by atoms with Crippen LogP contribution in [0.15, 0.2) is 0 Å². The van der Waals surface area contributed by atoms with E-state index in [0.717, 1.165) is 31.2 Å². The first-order chi connectivity index (χ1) is 8.29. The Bertz CT molecular complexity index is 250. The van der Waals surface area contributed by atoms with Gasteiger partial charge in [-0.25, -0.2) is 0 Å². The van der Waals surface area contributed by atoms with Crippen molar-refractivity contribution in [3.05, 3.63) is 0 Å². The Morgan fingerprint density at radius 1 is 1.12 bits per heavy atom. The number of amides is 1. The van der Waals surface area contributed by atoms with Gasteiger partial charge in [0.2, 0.25) is 5.91 Å². The van der Waals surface area contributed by atoms with E-state index in [1.807, 2.05) is 0 Å². The molecule has 0 N–H and O–H groups in total. The molecule has 17 heavy (non-hydrogen) atoms. The van der Waals surface area contributed by atoms with Crippen LogP contribution in [-0.2, 0) is 4.79 Å². The van der Waals surface area contributed by atoms with Gasteiger partial charge in [0.25, 0.3) is 0 Å². The number of carbonyl (C=O) groups is 1. The van der Waals surface area contributed by atoms with Crippen molar-refractivity contribution < 1.29 is 4.79 Å². The summed E-state index contributed by atoms with van der Waals surface area (Å²) in [5.41, 5.74) is 0. The molecule has 2 nitrogen and oxygen atoms in total. The molecule has 0 aromatic heterocycles. The van der Waals surface area contributed by atoms with Crippen LogP contribution in [0.1, 0.15) is 65.2 Å². The van der Waals surface area contributed by atoms with Crippen LogP contribution in [0, 0.1) is 11.8 Å². The summed E-state index contributed by atoms with van der Waals surface area (Å²) in [5.74, 6) is 2.10. The van der Waals surface area contributed by atoms with Crippen molar-refractivity contribution >= 4 is 5.91 Å². The van der Waals surface area contributed by atoms with Gasteiger partial charge in [-0.3, -0.25) is 4.79 Å². The van der Waals surface area contributed by atoms with Gasteiger partial charge in [-0.2, -0.15) is 0 Å².